The lowest BCUT2D eigenvalue weighted by Gasteiger charge is -2.33. The number of morpholine rings is 1. The van der Waals surface area contributed by atoms with Crippen molar-refractivity contribution >= 4 is 38.4 Å². The number of carbonyl (C=O) groups is 1. The number of hydrogen-bond acceptors (Lipinski definition) is 6. The van der Waals surface area contributed by atoms with E-state index < -0.39 is 5.91 Å². The molecule has 4 heterocycles. The summed E-state index contributed by atoms with van der Waals surface area (Å²) >= 11 is 1.34. The number of benzene rings is 1. The number of nitrogens with zero attached hydrogens (tertiary/aromatic N) is 3. The molecule has 0 saturated carbocycles. The first kappa shape index (κ1) is 18.2. The largest absolute Gasteiger partial charge is 0.371 e. The number of ether oxygens (including phenoxy) is 1. The molecule has 1 atom stereocenters. The molecule has 0 bridgehead atoms. The molecule has 2 N–H and O–H groups in total. The van der Waals surface area contributed by atoms with Gasteiger partial charge in [0, 0.05) is 48.4 Å². The Morgan fingerprint density at radius 1 is 1.21 bits per heavy atom. The van der Waals surface area contributed by atoms with Crippen LogP contribution < -0.4 is 5.73 Å². The molecule has 0 spiro atoms. The standard InChI is InChI=1S/C22H20N4O2S/c23-21(27)20-19(16-4-2-8-25-22(16)29-20)18-13-26(9-10-28-18)12-14-5-6-17-15(11-14)3-1-7-24-17/h1-8,11,18H,9-10,12-13H2,(H2,23,27). The fraction of sp³-hybridized carbons (Fsp3) is 0.227. The second-order valence-electron chi connectivity index (χ2n) is 7.19. The Labute approximate surface area is 171 Å². The minimum atomic E-state index is -0.425. The first-order valence-electron chi connectivity index (χ1n) is 9.54. The van der Waals surface area contributed by atoms with Gasteiger partial charge in [-0.2, -0.15) is 0 Å². The van der Waals surface area contributed by atoms with Crippen molar-refractivity contribution < 1.29 is 9.53 Å². The molecule has 1 saturated heterocycles. The van der Waals surface area contributed by atoms with E-state index in [1.165, 1.54) is 16.9 Å². The van der Waals surface area contributed by atoms with Crippen LogP contribution in [0.5, 0.6) is 0 Å². The second kappa shape index (κ2) is 7.51. The summed E-state index contributed by atoms with van der Waals surface area (Å²) in [6.07, 6.45) is 3.34. The predicted molar refractivity (Wildman–Crippen MR) is 114 cm³/mol. The van der Waals surface area contributed by atoms with Crippen LogP contribution in [0, 0.1) is 0 Å². The molecule has 1 aliphatic rings. The highest BCUT2D eigenvalue weighted by atomic mass is 32.1. The van der Waals surface area contributed by atoms with Gasteiger partial charge in [-0.25, -0.2) is 4.98 Å². The van der Waals surface area contributed by atoms with Crippen molar-refractivity contribution in [3.8, 4) is 0 Å². The molecule has 29 heavy (non-hydrogen) atoms. The maximum atomic E-state index is 12.1. The van der Waals surface area contributed by atoms with E-state index in [0.29, 0.717) is 18.0 Å². The number of aromatic nitrogens is 2. The minimum absolute atomic E-state index is 0.202. The summed E-state index contributed by atoms with van der Waals surface area (Å²) in [7, 11) is 0. The quantitative estimate of drug-likeness (QED) is 0.563. The van der Waals surface area contributed by atoms with Crippen molar-refractivity contribution in [3.63, 3.8) is 0 Å². The van der Waals surface area contributed by atoms with E-state index in [2.05, 4.69) is 39.1 Å². The topological polar surface area (TPSA) is 81.3 Å². The third kappa shape index (κ3) is 3.48. The molecule has 1 aliphatic heterocycles. The van der Waals surface area contributed by atoms with Gasteiger partial charge in [0.25, 0.3) is 5.91 Å². The number of pyridine rings is 2. The van der Waals surface area contributed by atoms with Gasteiger partial charge < -0.3 is 10.5 Å². The smallest absolute Gasteiger partial charge is 0.259 e. The zero-order valence-electron chi connectivity index (χ0n) is 15.7. The molecule has 1 amide bonds. The van der Waals surface area contributed by atoms with Gasteiger partial charge in [-0.1, -0.05) is 18.2 Å². The van der Waals surface area contributed by atoms with Gasteiger partial charge in [-0.15, -0.1) is 11.3 Å². The number of thiophene rings is 1. The van der Waals surface area contributed by atoms with Gasteiger partial charge in [0.1, 0.15) is 9.71 Å². The summed E-state index contributed by atoms with van der Waals surface area (Å²) in [6.45, 7) is 2.96. The molecule has 7 heteroatoms. The fourth-order valence-electron chi connectivity index (χ4n) is 3.96. The fourth-order valence-corrected chi connectivity index (χ4v) is 5.00. The highest BCUT2D eigenvalue weighted by Gasteiger charge is 2.29. The Morgan fingerprint density at radius 3 is 2.97 bits per heavy atom. The molecule has 4 aromatic rings. The lowest BCUT2D eigenvalue weighted by molar-refractivity contribution is -0.0322. The van der Waals surface area contributed by atoms with Gasteiger partial charge in [0.15, 0.2) is 0 Å². The number of nitrogens with two attached hydrogens (primary N) is 1. The van der Waals surface area contributed by atoms with Crippen LogP contribution in [0.1, 0.15) is 26.9 Å². The number of carbonyl (C=O) groups excluding carboxylic acids is 1. The Bertz CT molecular complexity index is 1210. The van der Waals surface area contributed by atoms with Crippen LogP contribution in [0.3, 0.4) is 0 Å². The molecule has 146 valence electrons. The summed E-state index contributed by atoms with van der Waals surface area (Å²) in [4.78, 5) is 24.6. The third-order valence-corrected chi connectivity index (χ3v) is 6.42. The van der Waals surface area contributed by atoms with Crippen LogP contribution in [0.15, 0.2) is 54.9 Å². The minimum Gasteiger partial charge on any atom is -0.371 e. The number of fused-ring (bicyclic) bond motifs is 2. The Morgan fingerprint density at radius 2 is 2.07 bits per heavy atom. The maximum Gasteiger partial charge on any atom is 0.259 e. The molecule has 5 rings (SSSR count). The van der Waals surface area contributed by atoms with Crippen LogP contribution in [-0.2, 0) is 11.3 Å². The Hall–Kier alpha value is -2.87. The van der Waals surface area contributed by atoms with Crippen molar-refractivity contribution in [1.82, 2.24) is 14.9 Å². The van der Waals surface area contributed by atoms with E-state index in [1.54, 1.807) is 6.20 Å². The number of rotatable bonds is 4. The lowest BCUT2D eigenvalue weighted by Crippen LogP contribution is -2.38. The molecular formula is C22H20N4O2S. The third-order valence-electron chi connectivity index (χ3n) is 5.27. The van der Waals surface area contributed by atoms with Crippen LogP contribution in [-0.4, -0.2) is 40.5 Å². The molecular weight excluding hydrogens is 384 g/mol. The highest BCUT2D eigenvalue weighted by molar-refractivity contribution is 7.20. The van der Waals surface area contributed by atoms with Crippen LogP contribution in [0.25, 0.3) is 21.1 Å². The first-order valence-corrected chi connectivity index (χ1v) is 10.4. The lowest BCUT2D eigenvalue weighted by atomic mass is 10.0. The van der Waals surface area contributed by atoms with E-state index >= 15 is 0 Å². The van der Waals surface area contributed by atoms with Gasteiger partial charge in [0.2, 0.25) is 0 Å². The van der Waals surface area contributed by atoms with Crippen LogP contribution in [0.2, 0.25) is 0 Å². The molecule has 3 aromatic heterocycles. The number of amides is 1. The van der Waals surface area contributed by atoms with E-state index in [9.17, 15) is 4.79 Å². The van der Waals surface area contributed by atoms with E-state index in [4.69, 9.17) is 10.5 Å². The zero-order valence-corrected chi connectivity index (χ0v) is 16.6. The van der Waals surface area contributed by atoms with Gasteiger partial charge in [-0.05, 0) is 29.8 Å². The number of primary amides is 1. The summed E-state index contributed by atoms with van der Waals surface area (Å²) in [5.74, 6) is -0.425. The van der Waals surface area contributed by atoms with Crippen LogP contribution >= 0.6 is 11.3 Å². The molecule has 6 nitrogen and oxygen atoms in total. The van der Waals surface area contributed by atoms with Crippen molar-refractivity contribution in [2.75, 3.05) is 19.7 Å². The predicted octanol–water partition coefficient (Wildman–Crippen LogP) is 3.52. The van der Waals surface area contributed by atoms with Crippen molar-refractivity contribution in [2.45, 2.75) is 12.6 Å². The molecule has 0 aliphatic carbocycles. The van der Waals surface area contributed by atoms with E-state index in [0.717, 1.165) is 39.8 Å². The summed E-state index contributed by atoms with van der Waals surface area (Å²) in [6, 6.07) is 14.3. The number of hydrogen-bond donors (Lipinski definition) is 1. The van der Waals surface area contributed by atoms with Gasteiger partial charge in [-0.3, -0.25) is 14.7 Å². The first-order chi connectivity index (χ1) is 14.2. The second-order valence-corrected chi connectivity index (χ2v) is 8.19. The summed E-state index contributed by atoms with van der Waals surface area (Å²) in [5.41, 5.74) is 8.77. The van der Waals surface area contributed by atoms with E-state index in [1.807, 2.05) is 24.4 Å². The van der Waals surface area contributed by atoms with Crippen LogP contribution in [0.4, 0.5) is 0 Å². The van der Waals surface area contributed by atoms with Crippen molar-refractivity contribution in [1.29, 1.82) is 0 Å². The van der Waals surface area contributed by atoms with Gasteiger partial charge >= 0.3 is 0 Å². The van der Waals surface area contributed by atoms with Crippen molar-refractivity contribution in [3.05, 3.63) is 70.9 Å². The monoisotopic (exact) mass is 404 g/mol. The highest BCUT2D eigenvalue weighted by Crippen LogP contribution is 2.37. The molecule has 0 radical (unpaired) electrons. The zero-order chi connectivity index (χ0) is 19.8. The Balaban J connectivity index is 1.43. The summed E-state index contributed by atoms with van der Waals surface area (Å²) in [5, 5.41) is 2.09. The average molecular weight is 404 g/mol. The summed E-state index contributed by atoms with van der Waals surface area (Å²) < 4.78 is 6.08. The van der Waals surface area contributed by atoms with E-state index in [-0.39, 0.29) is 6.10 Å². The van der Waals surface area contributed by atoms with Crippen molar-refractivity contribution in [2.24, 2.45) is 5.73 Å². The van der Waals surface area contributed by atoms with Gasteiger partial charge in [0.05, 0.1) is 18.2 Å². The molecule has 1 aromatic carbocycles. The average Bonchev–Trinajstić information content (AvgIpc) is 3.14. The maximum absolute atomic E-state index is 12.1. The Kier molecular flexibility index (Phi) is 4.71. The molecule has 1 unspecified atom stereocenters. The normalized spacial score (nSPS) is 17.7. The SMILES string of the molecule is NC(=O)c1sc2ncccc2c1C1CN(Cc2ccc3ncccc3c2)CCO1. The molecule has 1 fully saturated rings.